The van der Waals surface area contributed by atoms with Crippen LogP contribution in [0.5, 0.6) is 23.0 Å². The Hall–Kier alpha value is -3.99. The van der Waals surface area contributed by atoms with Gasteiger partial charge < -0.3 is 34.5 Å². The van der Waals surface area contributed by atoms with Gasteiger partial charge >= 0.3 is 11.9 Å². The highest BCUT2D eigenvalue weighted by Gasteiger charge is 2.30. The van der Waals surface area contributed by atoms with Gasteiger partial charge in [0.15, 0.2) is 23.0 Å². The van der Waals surface area contributed by atoms with E-state index in [4.69, 9.17) is 38.7 Å². The van der Waals surface area contributed by atoms with Gasteiger partial charge in [-0.1, -0.05) is 6.07 Å². The highest BCUT2D eigenvalue weighted by molar-refractivity contribution is 6.27. The predicted molar refractivity (Wildman–Crippen MR) is 149 cm³/mol. The SMILES string of the molecule is COc1ccc(C[C@@H]2c3cc(OC)c(OC)cc3CCN2CCC(=O)NC(C)(C)C)cc1OC.O=C(O)C(=O)O. The largest absolute Gasteiger partial charge is 0.493 e. The minimum atomic E-state index is -1.82. The second-order valence-corrected chi connectivity index (χ2v) is 10.3. The summed E-state index contributed by atoms with van der Waals surface area (Å²) in [5.74, 6) is -0.715. The second-order valence-electron chi connectivity index (χ2n) is 10.3. The number of nitrogens with one attached hydrogen (secondary N) is 1. The third-order valence-electron chi connectivity index (χ3n) is 6.31. The fourth-order valence-corrected chi connectivity index (χ4v) is 4.54. The lowest BCUT2D eigenvalue weighted by Gasteiger charge is -2.38. The lowest BCUT2D eigenvalue weighted by Crippen LogP contribution is -2.43. The number of aliphatic carboxylic acids is 2. The highest BCUT2D eigenvalue weighted by Crippen LogP contribution is 2.40. The molecule has 0 bridgehead atoms. The molecule has 1 aliphatic rings. The summed E-state index contributed by atoms with van der Waals surface area (Å²) in [7, 11) is 6.60. The maximum atomic E-state index is 12.5. The monoisotopic (exact) mass is 560 g/mol. The minimum Gasteiger partial charge on any atom is -0.493 e. The first-order valence-corrected chi connectivity index (χ1v) is 12.8. The molecule has 3 N–H and O–H groups in total. The van der Waals surface area contributed by atoms with Gasteiger partial charge in [-0.15, -0.1) is 0 Å². The third-order valence-corrected chi connectivity index (χ3v) is 6.31. The van der Waals surface area contributed by atoms with Gasteiger partial charge in [-0.3, -0.25) is 9.69 Å². The van der Waals surface area contributed by atoms with Crippen LogP contribution in [-0.2, 0) is 27.2 Å². The van der Waals surface area contributed by atoms with Gasteiger partial charge in [0.25, 0.3) is 0 Å². The molecule has 0 radical (unpaired) electrons. The van der Waals surface area contributed by atoms with Gasteiger partial charge in [-0.2, -0.15) is 0 Å². The molecular formula is C29H40N2O9. The number of methoxy groups -OCH3 is 4. The second kappa shape index (κ2) is 14.4. The number of fused-ring (bicyclic) bond motifs is 1. The van der Waals surface area contributed by atoms with E-state index in [9.17, 15) is 4.79 Å². The van der Waals surface area contributed by atoms with Crippen molar-refractivity contribution in [1.29, 1.82) is 0 Å². The Kier molecular flexibility index (Phi) is 11.6. The zero-order valence-electron chi connectivity index (χ0n) is 24.2. The molecule has 40 heavy (non-hydrogen) atoms. The van der Waals surface area contributed by atoms with Crippen molar-refractivity contribution in [2.75, 3.05) is 41.5 Å². The normalized spacial score (nSPS) is 14.6. The molecule has 0 fully saturated rings. The molecule has 1 heterocycles. The van der Waals surface area contributed by atoms with Crippen molar-refractivity contribution in [2.45, 2.75) is 51.6 Å². The zero-order valence-corrected chi connectivity index (χ0v) is 24.2. The number of carbonyl (C=O) groups is 3. The van der Waals surface area contributed by atoms with Gasteiger partial charge in [-0.25, -0.2) is 9.59 Å². The van der Waals surface area contributed by atoms with Crippen molar-refractivity contribution in [2.24, 2.45) is 0 Å². The Morgan fingerprint density at radius 1 is 0.875 bits per heavy atom. The maximum Gasteiger partial charge on any atom is 0.414 e. The van der Waals surface area contributed by atoms with Crippen LogP contribution in [0, 0.1) is 0 Å². The molecule has 1 amide bonds. The van der Waals surface area contributed by atoms with Crippen molar-refractivity contribution >= 4 is 17.8 Å². The molecule has 0 aliphatic carbocycles. The standard InChI is InChI=1S/C27H38N2O5.C2H2O4/c1-27(2,3)28-26(30)11-13-29-12-10-19-16-24(33-6)25(34-7)17-20(19)21(29)14-18-8-9-22(31-4)23(15-18)32-5;3-1(4)2(5)6/h8-9,15-17,21H,10-14H2,1-7H3,(H,28,30);(H,3,4)(H,5,6)/t21-;/m1./s1. The van der Waals surface area contributed by atoms with Gasteiger partial charge in [0.1, 0.15) is 0 Å². The molecule has 0 spiro atoms. The Morgan fingerprint density at radius 2 is 1.43 bits per heavy atom. The summed E-state index contributed by atoms with van der Waals surface area (Å²) in [6.45, 7) is 7.54. The van der Waals surface area contributed by atoms with E-state index < -0.39 is 11.9 Å². The number of amides is 1. The lowest BCUT2D eigenvalue weighted by atomic mass is 9.88. The number of carboxylic acids is 2. The van der Waals surface area contributed by atoms with E-state index in [1.165, 1.54) is 11.1 Å². The Labute approximate surface area is 235 Å². The van der Waals surface area contributed by atoms with E-state index in [1.54, 1.807) is 28.4 Å². The maximum absolute atomic E-state index is 12.5. The van der Waals surface area contributed by atoms with E-state index in [-0.39, 0.29) is 17.5 Å². The molecule has 2 aromatic rings. The van der Waals surface area contributed by atoms with Crippen LogP contribution < -0.4 is 24.3 Å². The number of nitrogens with zero attached hydrogens (tertiary/aromatic N) is 1. The van der Waals surface area contributed by atoms with Crippen LogP contribution in [0.15, 0.2) is 30.3 Å². The molecule has 1 aliphatic heterocycles. The van der Waals surface area contributed by atoms with E-state index in [0.717, 1.165) is 30.7 Å². The van der Waals surface area contributed by atoms with Crippen molar-refractivity contribution in [1.82, 2.24) is 10.2 Å². The Balaban J connectivity index is 0.000000840. The first-order chi connectivity index (χ1) is 18.8. The molecule has 1 atom stereocenters. The van der Waals surface area contributed by atoms with Crippen LogP contribution in [0.1, 0.15) is 49.9 Å². The summed E-state index contributed by atoms with van der Waals surface area (Å²) in [6, 6.07) is 10.3. The van der Waals surface area contributed by atoms with Gasteiger partial charge in [0, 0.05) is 31.1 Å². The minimum absolute atomic E-state index is 0.0653. The van der Waals surface area contributed by atoms with Crippen molar-refractivity contribution in [3.05, 3.63) is 47.0 Å². The van der Waals surface area contributed by atoms with Crippen molar-refractivity contribution in [3.63, 3.8) is 0 Å². The fraction of sp³-hybridized carbons (Fsp3) is 0.483. The number of carboxylic acid groups (broad SMARTS) is 2. The smallest absolute Gasteiger partial charge is 0.414 e. The predicted octanol–water partition coefficient (Wildman–Crippen LogP) is 3.32. The third kappa shape index (κ3) is 9.04. The molecule has 11 heteroatoms. The summed E-state index contributed by atoms with van der Waals surface area (Å²) in [4.78, 5) is 33.1. The Morgan fingerprint density at radius 3 is 1.95 bits per heavy atom. The molecule has 0 saturated heterocycles. The van der Waals surface area contributed by atoms with Crippen molar-refractivity contribution < 1.29 is 43.5 Å². The van der Waals surface area contributed by atoms with Gasteiger partial charge in [0.2, 0.25) is 5.91 Å². The lowest BCUT2D eigenvalue weighted by molar-refractivity contribution is -0.159. The molecule has 0 saturated carbocycles. The van der Waals surface area contributed by atoms with Crippen LogP contribution in [0.2, 0.25) is 0 Å². The van der Waals surface area contributed by atoms with Crippen LogP contribution >= 0.6 is 0 Å². The summed E-state index contributed by atoms with van der Waals surface area (Å²) in [5.41, 5.74) is 3.34. The van der Waals surface area contributed by atoms with Crippen LogP contribution in [0.25, 0.3) is 0 Å². The molecule has 220 valence electrons. The average Bonchev–Trinajstić information content (AvgIpc) is 2.90. The van der Waals surface area contributed by atoms with Crippen LogP contribution in [-0.4, -0.2) is 80.0 Å². The summed E-state index contributed by atoms with van der Waals surface area (Å²) < 4.78 is 22.1. The summed E-state index contributed by atoms with van der Waals surface area (Å²) in [6.07, 6.45) is 2.10. The fourth-order valence-electron chi connectivity index (χ4n) is 4.54. The van der Waals surface area contributed by atoms with E-state index >= 15 is 0 Å². The number of rotatable bonds is 9. The summed E-state index contributed by atoms with van der Waals surface area (Å²) >= 11 is 0. The topological polar surface area (TPSA) is 144 Å². The number of carbonyl (C=O) groups excluding carboxylic acids is 1. The number of benzene rings is 2. The molecule has 0 unspecified atom stereocenters. The van der Waals surface area contributed by atoms with E-state index in [1.807, 2.05) is 32.9 Å². The zero-order chi connectivity index (χ0) is 30.0. The van der Waals surface area contributed by atoms with Crippen molar-refractivity contribution in [3.8, 4) is 23.0 Å². The molecular weight excluding hydrogens is 520 g/mol. The van der Waals surface area contributed by atoms with Crippen LogP contribution in [0.3, 0.4) is 0 Å². The molecule has 3 rings (SSSR count). The number of hydrogen-bond acceptors (Lipinski definition) is 8. The first kappa shape index (κ1) is 32.2. The molecule has 0 aromatic heterocycles. The highest BCUT2D eigenvalue weighted by atomic mass is 16.5. The summed E-state index contributed by atoms with van der Waals surface area (Å²) in [5, 5.41) is 17.9. The van der Waals surface area contributed by atoms with Crippen LogP contribution in [0.4, 0.5) is 0 Å². The first-order valence-electron chi connectivity index (χ1n) is 12.8. The quantitative estimate of drug-likeness (QED) is 0.391. The van der Waals surface area contributed by atoms with Gasteiger partial charge in [-0.05, 0) is 74.6 Å². The average molecular weight is 561 g/mol. The molecule has 11 nitrogen and oxygen atoms in total. The van der Waals surface area contributed by atoms with E-state index in [2.05, 4.69) is 28.4 Å². The van der Waals surface area contributed by atoms with Gasteiger partial charge in [0.05, 0.1) is 28.4 Å². The number of ether oxygens (including phenoxy) is 4. The van der Waals surface area contributed by atoms with E-state index in [0.29, 0.717) is 30.2 Å². The number of hydrogen-bond donors (Lipinski definition) is 3. The Bertz CT molecular complexity index is 1180. The molecule has 2 aromatic carbocycles.